The number of halogens is 7. The fourth-order valence-corrected chi connectivity index (χ4v) is 6.60. The van der Waals surface area contributed by atoms with E-state index in [2.05, 4.69) is 0 Å². The molecule has 0 nitrogen and oxygen atoms in total. The molecule has 0 aliphatic heterocycles. The van der Waals surface area contributed by atoms with E-state index in [0.29, 0.717) is 0 Å². The number of hydrogen-bond donors (Lipinski definition) is 0. The Kier molecular flexibility index (Phi) is 2.84. The molecule has 94 valence electrons. The predicted molar refractivity (Wildman–Crippen MR) is 76.1 cm³/mol. The summed E-state index contributed by atoms with van der Waals surface area (Å²) < 4.78 is -1.48. The van der Waals surface area contributed by atoms with Crippen LogP contribution in [0.1, 0.15) is 0 Å². The molecule has 0 aromatic heterocycles. The molecule has 1 saturated carbocycles. The Morgan fingerprint density at radius 3 is 2.00 bits per heavy atom. The third kappa shape index (κ3) is 1.15. The van der Waals surface area contributed by atoms with Crippen LogP contribution < -0.4 is 0 Å². The van der Waals surface area contributed by atoms with Gasteiger partial charge >= 0.3 is 0 Å². The first-order valence-corrected chi connectivity index (χ1v) is 7.55. The standard InChI is InChI=1S/C10H5Cl7/c11-4-2-1-3-5(4)9(15)7(13)6(12)8(3,14)10(9,16)17/h1-5H/t3-,4+,5-,8+,9+/m1/s1. The zero-order valence-electron chi connectivity index (χ0n) is 8.03. The summed E-state index contributed by atoms with van der Waals surface area (Å²) in [5, 5.41) is 0.113. The van der Waals surface area contributed by atoms with Crippen molar-refractivity contribution in [2.24, 2.45) is 11.8 Å². The van der Waals surface area contributed by atoms with Crippen molar-refractivity contribution >= 4 is 81.2 Å². The highest BCUT2D eigenvalue weighted by Crippen LogP contribution is 2.78. The molecule has 0 N–H and O–H groups in total. The van der Waals surface area contributed by atoms with Gasteiger partial charge in [0, 0.05) is 11.8 Å². The van der Waals surface area contributed by atoms with Crippen LogP contribution in [0, 0.1) is 11.8 Å². The van der Waals surface area contributed by atoms with Crippen LogP contribution in [0.2, 0.25) is 0 Å². The van der Waals surface area contributed by atoms with Gasteiger partial charge in [-0.15, -0.1) is 34.8 Å². The summed E-state index contributed by atoms with van der Waals surface area (Å²) in [6, 6.07) is 0. The lowest BCUT2D eigenvalue weighted by atomic mass is 9.84. The van der Waals surface area contributed by atoms with Crippen LogP contribution in [-0.4, -0.2) is 19.5 Å². The van der Waals surface area contributed by atoms with Crippen LogP contribution in [0.25, 0.3) is 0 Å². The molecule has 7 heteroatoms. The molecule has 2 bridgehead atoms. The number of allylic oxidation sites excluding steroid dienone is 4. The number of alkyl halides is 5. The molecular weight excluding hydrogens is 368 g/mol. The fourth-order valence-electron chi connectivity index (χ4n) is 3.08. The van der Waals surface area contributed by atoms with E-state index in [-0.39, 0.29) is 27.3 Å². The molecule has 0 amide bonds. The molecule has 0 spiro atoms. The van der Waals surface area contributed by atoms with Crippen LogP contribution in [0.5, 0.6) is 0 Å². The Bertz CT molecular complexity index is 467. The molecule has 0 aromatic carbocycles. The Labute approximate surface area is 134 Å². The summed E-state index contributed by atoms with van der Waals surface area (Å²) in [4.78, 5) is -2.45. The highest BCUT2D eigenvalue weighted by atomic mass is 35.5. The quantitative estimate of drug-likeness (QED) is 0.402. The lowest BCUT2D eigenvalue weighted by molar-refractivity contribution is 0.420. The molecule has 17 heavy (non-hydrogen) atoms. The smallest absolute Gasteiger partial charge is 0.118 e. The van der Waals surface area contributed by atoms with Gasteiger partial charge in [-0.3, -0.25) is 0 Å². The van der Waals surface area contributed by atoms with Crippen molar-refractivity contribution in [3.8, 4) is 0 Å². The van der Waals surface area contributed by atoms with Crippen LogP contribution in [-0.2, 0) is 0 Å². The average molecular weight is 373 g/mol. The Morgan fingerprint density at radius 1 is 0.882 bits per heavy atom. The normalized spacial score (nSPS) is 54.6. The van der Waals surface area contributed by atoms with E-state index in [0.717, 1.165) is 0 Å². The lowest BCUT2D eigenvalue weighted by Gasteiger charge is -2.34. The molecule has 3 rings (SSSR count). The summed E-state index contributed by atoms with van der Waals surface area (Å²) in [5.74, 6) is -0.470. The maximum absolute atomic E-state index is 6.57. The molecule has 3 aliphatic carbocycles. The first-order valence-electron chi connectivity index (χ1n) is 4.85. The largest absolute Gasteiger partial charge is 0.167 e. The zero-order valence-corrected chi connectivity index (χ0v) is 13.3. The van der Waals surface area contributed by atoms with Gasteiger partial charge in [-0.25, -0.2) is 0 Å². The summed E-state index contributed by atoms with van der Waals surface area (Å²) in [6.45, 7) is 0. The zero-order chi connectivity index (χ0) is 12.8. The highest BCUT2D eigenvalue weighted by Gasteiger charge is 2.83. The van der Waals surface area contributed by atoms with Crippen molar-refractivity contribution in [1.82, 2.24) is 0 Å². The Balaban J connectivity index is 2.32. The second kappa shape index (κ2) is 3.58. The first kappa shape index (κ1) is 13.5. The first-order chi connectivity index (χ1) is 7.70. The van der Waals surface area contributed by atoms with E-state index in [1.54, 1.807) is 0 Å². The summed E-state index contributed by atoms with van der Waals surface area (Å²) in [6.07, 6.45) is 3.69. The molecule has 0 saturated heterocycles. The Hall–Kier alpha value is 1.51. The van der Waals surface area contributed by atoms with E-state index in [9.17, 15) is 0 Å². The van der Waals surface area contributed by atoms with Gasteiger partial charge in [-0.05, 0) is 0 Å². The second-order valence-corrected chi connectivity index (χ2v) is 8.29. The fraction of sp³-hybridized carbons (Fsp3) is 0.600. The Morgan fingerprint density at radius 2 is 1.41 bits per heavy atom. The molecule has 0 aromatic rings. The van der Waals surface area contributed by atoms with E-state index >= 15 is 0 Å². The predicted octanol–water partition coefficient (Wildman–Crippen LogP) is 5.24. The van der Waals surface area contributed by atoms with E-state index in [1.807, 2.05) is 12.2 Å². The lowest BCUT2D eigenvalue weighted by Crippen LogP contribution is -2.45. The molecule has 0 heterocycles. The van der Waals surface area contributed by atoms with Gasteiger partial charge in [-0.2, -0.15) is 0 Å². The van der Waals surface area contributed by atoms with Crippen LogP contribution in [0.4, 0.5) is 0 Å². The molecule has 5 atom stereocenters. The van der Waals surface area contributed by atoms with Crippen molar-refractivity contribution < 1.29 is 0 Å². The van der Waals surface area contributed by atoms with Gasteiger partial charge in [-0.1, -0.05) is 58.6 Å². The number of hydrogen-bond acceptors (Lipinski definition) is 0. The minimum absolute atomic E-state index is 0.205. The topological polar surface area (TPSA) is 0 Å². The maximum atomic E-state index is 6.57. The van der Waals surface area contributed by atoms with Crippen LogP contribution in [0.15, 0.2) is 22.2 Å². The summed E-state index contributed by atoms with van der Waals surface area (Å²) in [7, 11) is 0. The van der Waals surface area contributed by atoms with Gasteiger partial charge in [0.1, 0.15) is 9.75 Å². The van der Waals surface area contributed by atoms with Crippen molar-refractivity contribution in [3.63, 3.8) is 0 Å². The van der Waals surface area contributed by atoms with Gasteiger partial charge < -0.3 is 0 Å². The van der Waals surface area contributed by atoms with Crippen molar-refractivity contribution in [2.45, 2.75) is 19.5 Å². The molecule has 0 radical (unpaired) electrons. The van der Waals surface area contributed by atoms with Crippen molar-refractivity contribution in [2.75, 3.05) is 0 Å². The molecule has 3 aliphatic rings. The van der Waals surface area contributed by atoms with Gasteiger partial charge in [0.2, 0.25) is 0 Å². The summed E-state index contributed by atoms with van der Waals surface area (Å²) >= 11 is 44.5. The second-order valence-electron chi connectivity index (χ2n) is 4.51. The van der Waals surface area contributed by atoms with Crippen LogP contribution >= 0.6 is 81.2 Å². The third-order valence-corrected chi connectivity index (χ3v) is 8.61. The third-order valence-electron chi connectivity index (χ3n) is 3.90. The minimum Gasteiger partial charge on any atom is -0.118 e. The van der Waals surface area contributed by atoms with Crippen molar-refractivity contribution in [1.29, 1.82) is 0 Å². The number of rotatable bonds is 0. The molecule has 1 fully saturated rings. The van der Waals surface area contributed by atoms with Gasteiger partial charge in [0.15, 0.2) is 4.33 Å². The monoisotopic (exact) mass is 370 g/mol. The summed E-state index contributed by atoms with van der Waals surface area (Å²) in [5.41, 5.74) is 0. The molecular formula is C10H5Cl7. The highest BCUT2D eigenvalue weighted by molar-refractivity contribution is 6.66. The van der Waals surface area contributed by atoms with E-state index in [1.165, 1.54) is 0 Å². The minimum atomic E-state index is -1.48. The van der Waals surface area contributed by atoms with E-state index in [4.69, 9.17) is 81.2 Å². The van der Waals surface area contributed by atoms with Crippen molar-refractivity contribution in [3.05, 3.63) is 22.2 Å². The van der Waals surface area contributed by atoms with Gasteiger partial charge in [0.05, 0.1) is 15.4 Å². The average Bonchev–Trinajstić information content (AvgIpc) is 2.73. The van der Waals surface area contributed by atoms with E-state index < -0.39 is 14.1 Å². The number of fused-ring (bicyclic) bond motifs is 5. The maximum Gasteiger partial charge on any atom is 0.167 e. The van der Waals surface area contributed by atoms with Crippen LogP contribution in [0.3, 0.4) is 0 Å². The molecule has 0 unspecified atom stereocenters. The van der Waals surface area contributed by atoms with Gasteiger partial charge in [0.25, 0.3) is 0 Å². The SMILES string of the molecule is ClC1=C(Cl)[C@@]2(Cl)[C@@H]3C=C[C@H](Cl)[C@@H]3[C@@]1(Cl)C2(Cl)Cl.